The number of hydrogen-bond acceptors (Lipinski definition) is 7. The third-order valence-electron chi connectivity index (χ3n) is 10.9. The Balaban J connectivity index is 0.828. The first-order valence-corrected chi connectivity index (χ1v) is 18.1. The van der Waals surface area contributed by atoms with Crippen molar-refractivity contribution in [3.63, 3.8) is 0 Å². The number of anilines is 2. The molecule has 8 aromatic rings. The van der Waals surface area contributed by atoms with E-state index in [9.17, 15) is 0 Å². The molecule has 0 bridgehead atoms. The summed E-state index contributed by atoms with van der Waals surface area (Å²) < 4.78 is 5.61. The zero-order valence-electron chi connectivity index (χ0n) is 28.6. The summed E-state index contributed by atoms with van der Waals surface area (Å²) in [4.78, 5) is 26.9. The van der Waals surface area contributed by atoms with E-state index in [2.05, 4.69) is 113 Å². The van der Waals surface area contributed by atoms with E-state index in [1.165, 1.54) is 55.4 Å². The number of fused-ring (bicyclic) bond motifs is 4. The highest BCUT2D eigenvalue weighted by Crippen LogP contribution is 2.34. The van der Waals surface area contributed by atoms with Crippen LogP contribution in [0.5, 0.6) is 0 Å². The van der Waals surface area contributed by atoms with E-state index in [1.807, 2.05) is 24.5 Å². The van der Waals surface area contributed by atoms with Crippen molar-refractivity contribution in [2.75, 3.05) is 62.2 Å². The molecule has 9 heteroatoms. The fourth-order valence-corrected chi connectivity index (χ4v) is 8.21. The van der Waals surface area contributed by atoms with Crippen molar-refractivity contribution in [1.82, 2.24) is 29.7 Å². The van der Waals surface area contributed by atoms with Crippen LogP contribution in [0, 0.1) is 0 Å². The topological polar surface area (TPSA) is 83.5 Å². The van der Waals surface area contributed by atoms with E-state index in [4.69, 9.17) is 9.40 Å². The lowest BCUT2D eigenvalue weighted by molar-refractivity contribution is 0.247. The maximum absolute atomic E-state index is 5.61. The highest BCUT2D eigenvalue weighted by Gasteiger charge is 2.22. The molecule has 0 amide bonds. The van der Waals surface area contributed by atoms with Gasteiger partial charge in [0.25, 0.3) is 0 Å². The molecule has 0 unspecified atom stereocenters. The molecule has 9 nitrogen and oxygen atoms in total. The molecule has 2 N–H and O–H groups in total. The van der Waals surface area contributed by atoms with Gasteiger partial charge in [0.15, 0.2) is 0 Å². The van der Waals surface area contributed by atoms with Crippen molar-refractivity contribution in [3.05, 3.63) is 121 Å². The Hall–Kier alpha value is -5.64. The molecule has 2 aliphatic heterocycles. The fourth-order valence-electron chi connectivity index (χ4n) is 8.21. The van der Waals surface area contributed by atoms with Crippen molar-refractivity contribution in [1.29, 1.82) is 0 Å². The average molecular weight is 673 g/mol. The van der Waals surface area contributed by atoms with Gasteiger partial charge in [0.1, 0.15) is 11.4 Å². The molecule has 10 rings (SSSR count). The number of H-pyrrole nitrogens is 2. The van der Waals surface area contributed by atoms with Gasteiger partial charge in [0, 0.05) is 117 Å². The fraction of sp³-hybridized carbons (Fsp3) is 0.238. The van der Waals surface area contributed by atoms with Crippen LogP contribution < -0.4 is 9.80 Å². The van der Waals surface area contributed by atoms with Gasteiger partial charge in [-0.15, -0.1) is 0 Å². The Morgan fingerprint density at radius 1 is 0.608 bits per heavy atom. The minimum absolute atomic E-state index is 0.892. The molecule has 0 atom stereocenters. The van der Waals surface area contributed by atoms with Gasteiger partial charge in [0.05, 0.1) is 22.7 Å². The number of aromatic amines is 2. The Morgan fingerprint density at radius 2 is 1.35 bits per heavy atom. The molecule has 254 valence electrons. The number of piperazine rings is 2. The number of hydrogen-bond donors (Lipinski definition) is 2. The summed E-state index contributed by atoms with van der Waals surface area (Å²) in [6.07, 6.45) is 5.56. The van der Waals surface area contributed by atoms with E-state index in [0.29, 0.717) is 0 Å². The third-order valence-corrected chi connectivity index (χ3v) is 10.9. The molecule has 0 saturated carbocycles. The highest BCUT2D eigenvalue weighted by atomic mass is 16.3. The zero-order chi connectivity index (χ0) is 33.7. The molecule has 3 aromatic carbocycles. The molecule has 2 saturated heterocycles. The lowest BCUT2D eigenvalue weighted by Crippen LogP contribution is -2.46. The predicted molar refractivity (Wildman–Crippen MR) is 206 cm³/mol. The molecule has 51 heavy (non-hydrogen) atoms. The van der Waals surface area contributed by atoms with Crippen LogP contribution in [0.4, 0.5) is 11.5 Å². The number of nitrogens with zero attached hydrogens (tertiary/aromatic N) is 6. The molecular formula is C42H40N8O. The monoisotopic (exact) mass is 672 g/mol. The minimum atomic E-state index is 0.892. The molecule has 2 fully saturated rings. The van der Waals surface area contributed by atoms with E-state index in [1.54, 1.807) is 6.26 Å². The summed E-state index contributed by atoms with van der Waals surface area (Å²) in [5, 5.41) is 4.82. The number of aromatic nitrogens is 4. The normalized spacial score (nSPS) is 16.3. The van der Waals surface area contributed by atoms with Gasteiger partial charge < -0.3 is 24.2 Å². The number of nitrogens with one attached hydrogen (secondary N) is 2. The maximum Gasteiger partial charge on any atom is 0.139 e. The van der Waals surface area contributed by atoms with E-state index >= 15 is 0 Å². The van der Waals surface area contributed by atoms with Gasteiger partial charge >= 0.3 is 0 Å². The van der Waals surface area contributed by atoms with E-state index < -0.39 is 0 Å². The summed E-state index contributed by atoms with van der Waals surface area (Å²) >= 11 is 0. The zero-order valence-corrected chi connectivity index (χ0v) is 28.6. The Kier molecular flexibility index (Phi) is 7.46. The third kappa shape index (κ3) is 5.68. The smallest absolute Gasteiger partial charge is 0.139 e. The largest absolute Gasteiger partial charge is 0.464 e. The van der Waals surface area contributed by atoms with Gasteiger partial charge in [0.2, 0.25) is 0 Å². The molecule has 0 radical (unpaired) electrons. The van der Waals surface area contributed by atoms with E-state index in [0.717, 1.165) is 87.8 Å². The molecule has 7 heterocycles. The first-order chi connectivity index (χ1) is 25.2. The second kappa shape index (κ2) is 12.6. The van der Waals surface area contributed by atoms with Gasteiger partial charge in [-0.05, 0) is 53.4 Å². The van der Waals surface area contributed by atoms with Crippen LogP contribution in [0.15, 0.2) is 114 Å². The first-order valence-electron chi connectivity index (χ1n) is 18.1. The Morgan fingerprint density at radius 3 is 2.20 bits per heavy atom. The maximum atomic E-state index is 5.61. The lowest BCUT2D eigenvalue weighted by Gasteiger charge is -2.36. The van der Waals surface area contributed by atoms with Crippen LogP contribution in [0.2, 0.25) is 0 Å². The van der Waals surface area contributed by atoms with Crippen molar-refractivity contribution >= 4 is 55.2 Å². The summed E-state index contributed by atoms with van der Waals surface area (Å²) in [5.41, 5.74) is 10.5. The van der Waals surface area contributed by atoms with Crippen molar-refractivity contribution in [2.45, 2.75) is 13.1 Å². The number of rotatable bonds is 7. The van der Waals surface area contributed by atoms with Gasteiger partial charge in [-0.2, -0.15) is 0 Å². The van der Waals surface area contributed by atoms with Crippen molar-refractivity contribution in [3.8, 4) is 11.1 Å². The molecule has 0 spiro atoms. The van der Waals surface area contributed by atoms with E-state index in [-0.39, 0.29) is 0 Å². The van der Waals surface area contributed by atoms with Gasteiger partial charge in [-0.3, -0.25) is 14.8 Å². The molecular weight excluding hydrogens is 633 g/mol. The molecule has 5 aromatic heterocycles. The number of para-hydroxylation sites is 2. The summed E-state index contributed by atoms with van der Waals surface area (Å²) in [5.74, 6) is 1.02. The lowest BCUT2D eigenvalue weighted by atomic mass is 10.0. The van der Waals surface area contributed by atoms with Crippen LogP contribution in [0.3, 0.4) is 0 Å². The standard InChI is InChI=1S/C42H40N8O/c1-2-7-37-30(4-1)24-32(45-37)27-47-15-19-49(20-16-47)39-10-13-43-38-26-29(8-9-35(38)39)34-6-3-5-31-25-33(46-41(31)34)28-48-17-21-50(22-18-48)42-36-12-23-51-40(36)11-14-44-42/h1-14,23-26,45-46H,15-22,27-28H2. The van der Waals surface area contributed by atoms with Crippen LogP contribution in [0.25, 0.3) is 54.8 Å². The summed E-state index contributed by atoms with van der Waals surface area (Å²) in [6, 6.07) is 32.7. The number of pyridine rings is 2. The second-order valence-corrected chi connectivity index (χ2v) is 14.0. The van der Waals surface area contributed by atoms with Crippen LogP contribution in [-0.2, 0) is 13.1 Å². The van der Waals surface area contributed by atoms with Crippen molar-refractivity contribution < 1.29 is 4.42 Å². The minimum Gasteiger partial charge on any atom is -0.464 e. The number of furan rings is 1. The van der Waals surface area contributed by atoms with Crippen LogP contribution >= 0.6 is 0 Å². The highest BCUT2D eigenvalue weighted by molar-refractivity contribution is 5.99. The Bertz CT molecular complexity index is 2460. The predicted octanol–water partition coefficient (Wildman–Crippen LogP) is 7.65. The van der Waals surface area contributed by atoms with Crippen LogP contribution in [-0.4, -0.2) is 82.1 Å². The second-order valence-electron chi connectivity index (χ2n) is 14.0. The quantitative estimate of drug-likeness (QED) is 0.180. The van der Waals surface area contributed by atoms with Gasteiger partial charge in [-0.1, -0.05) is 48.5 Å². The summed E-state index contributed by atoms with van der Waals surface area (Å²) in [6.45, 7) is 9.75. The van der Waals surface area contributed by atoms with Gasteiger partial charge in [-0.25, -0.2) is 4.98 Å². The first kappa shape index (κ1) is 30.2. The van der Waals surface area contributed by atoms with Crippen LogP contribution in [0.1, 0.15) is 11.4 Å². The average Bonchev–Trinajstić information content (AvgIpc) is 3.93. The SMILES string of the molecule is c1ccc2[nH]c(CN3CCN(c4ccnc5cc(-c6cccc7cc(CN8CCN(c9nccc%10occc9%10)CC8)[nH]c67)ccc45)CC3)cc2c1. The van der Waals surface area contributed by atoms with Crippen molar-refractivity contribution in [2.24, 2.45) is 0 Å². The molecule has 0 aliphatic carbocycles. The number of benzene rings is 3. The molecule has 2 aliphatic rings. The summed E-state index contributed by atoms with van der Waals surface area (Å²) in [7, 11) is 0. The Labute approximate surface area is 296 Å².